The van der Waals surface area contributed by atoms with Crippen LogP contribution >= 0.6 is 0 Å². The van der Waals surface area contributed by atoms with Gasteiger partial charge in [0, 0.05) is 13.0 Å². The molecular weight excluding hydrogens is 264 g/mol. The molecule has 0 aromatic carbocycles. The number of aliphatic hydroxyl groups is 1. The van der Waals surface area contributed by atoms with Crippen molar-refractivity contribution < 1.29 is 9.90 Å². The lowest BCUT2D eigenvalue weighted by Gasteiger charge is -2.17. The summed E-state index contributed by atoms with van der Waals surface area (Å²) in [5.41, 5.74) is 0. The van der Waals surface area contributed by atoms with Gasteiger partial charge in [0.1, 0.15) is 0 Å². The molecule has 0 aliphatic carbocycles. The van der Waals surface area contributed by atoms with Crippen molar-refractivity contribution in [2.24, 2.45) is 0 Å². The summed E-state index contributed by atoms with van der Waals surface area (Å²) < 4.78 is 0. The second-order valence-corrected chi connectivity index (χ2v) is 5.99. The fraction of sp³-hybridized carbons (Fsp3) is 0.941. The molecule has 0 aliphatic rings. The molecule has 4 nitrogen and oxygen atoms in total. The molecule has 0 heterocycles. The molecule has 0 bridgehead atoms. The van der Waals surface area contributed by atoms with E-state index in [2.05, 4.69) is 24.2 Å². The molecule has 0 unspecified atom stereocenters. The van der Waals surface area contributed by atoms with E-state index in [-0.39, 0.29) is 5.91 Å². The van der Waals surface area contributed by atoms with E-state index in [9.17, 15) is 4.79 Å². The van der Waals surface area contributed by atoms with Gasteiger partial charge in [0.25, 0.3) is 0 Å². The van der Waals surface area contributed by atoms with Gasteiger partial charge in [-0.15, -0.1) is 0 Å². The topological polar surface area (TPSA) is 52.6 Å². The molecule has 0 spiro atoms. The molecule has 1 amide bonds. The summed E-state index contributed by atoms with van der Waals surface area (Å²) in [7, 11) is 2.06. The summed E-state index contributed by atoms with van der Waals surface area (Å²) in [6.45, 7) is 4.20. The minimum atomic E-state index is 0.180. The number of amides is 1. The van der Waals surface area contributed by atoms with Gasteiger partial charge >= 0.3 is 0 Å². The number of carbonyl (C=O) groups excluding carboxylic acids is 1. The Morgan fingerprint density at radius 3 is 2.19 bits per heavy atom. The van der Waals surface area contributed by atoms with Crippen LogP contribution in [0.1, 0.15) is 77.6 Å². The Morgan fingerprint density at radius 1 is 0.952 bits per heavy atom. The summed E-state index contributed by atoms with van der Waals surface area (Å²) in [6.07, 6.45) is 12.3. The first-order valence-electron chi connectivity index (χ1n) is 8.76. The summed E-state index contributed by atoms with van der Waals surface area (Å²) in [5, 5.41) is 11.7. The van der Waals surface area contributed by atoms with Gasteiger partial charge in [-0.05, 0) is 32.9 Å². The van der Waals surface area contributed by atoms with E-state index in [1.807, 2.05) is 0 Å². The van der Waals surface area contributed by atoms with E-state index in [1.54, 1.807) is 0 Å². The Balaban J connectivity index is 3.30. The van der Waals surface area contributed by atoms with Gasteiger partial charge < -0.3 is 10.4 Å². The number of rotatable bonds is 15. The lowest BCUT2D eigenvalue weighted by molar-refractivity contribution is -0.121. The Hall–Kier alpha value is -0.610. The zero-order chi connectivity index (χ0) is 15.8. The molecule has 0 aliphatic heterocycles. The molecule has 0 rings (SSSR count). The second kappa shape index (κ2) is 15.8. The molecule has 4 heteroatoms. The quantitative estimate of drug-likeness (QED) is 0.360. The maximum atomic E-state index is 11.6. The van der Waals surface area contributed by atoms with Crippen LogP contribution in [0, 0.1) is 0 Å². The highest BCUT2D eigenvalue weighted by Crippen LogP contribution is 2.07. The molecule has 126 valence electrons. The predicted octanol–water partition coefficient (Wildman–Crippen LogP) is 3.30. The summed E-state index contributed by atoms with van der Waals surface area (Å²) in [4.78, 5) is 13.8. The number of hydrogen-bond donors (Lipinski definition) is 2. The minimum Gasteiger partial charge on any atom is -0.396 e. The van der Waals surface area contributed by atoms with Gasteiger partial charge in [-0.1, -0.05) is 51.9 Å². The number of aliphatic hydroxyl groups excluding tert-OH is 1. The fourth-order valence-electron chi connectivity index (χ4n) is 2.30. The van der Waals surface area contributed by atoms with Crippen LogP contribution in [0.5, 0.6) is 0 Å². The van der Waals surface area contributed by atoms with E-state index < -0.39 is 0 Å². The molecule has 0 radical (unpaired) electrons. The molecule has 0 fully saturated rings. The lowest BCUT2D eigenvalue weighted by Crippen LogP contribution is -2.35. The first-order chi connectivity index (χ1) is 10.2. The molecule has 2 N–H and O–H groups in total. The van der Waals surface area contributed by atoms with Crippen molar-refractivity contribution in [1.29, 1.82) is 0 Å². The third-order valence-corrected chi connectivity index (χ3v) is 3.75. The monoisotopic (exact) mass is 300 g/mol. The van der Waals surface area contributed by atoms with Gasteiger partial charge in [-0.3, -0.25) is 9.69 Å². The van der Waals surface area contributed by atoms with E-state index >= 15 is 0 Å². The normalized spacial score (nSPS) is 11.0. The van der Waals surface area contributed by atoms with Crippen LogP contribution in [-0.2, 0) is 4.79 Å². The van der Waals surface area contributed by atoms with Crippen LogP contribution < -0.4 is 5.32 Å². The van der Waals surface area contributed by atoms with Crippen LogP contribution in [0.2, 0.25) is 0 Å². The third kappa shape index (κ3) is 15.6. The van der Waals surface area contributed by atoms with Gasteiger partial charge in [-0.2, -0.15) is 0 Å². The fourth-order valence-corrected chi connectivity index (χ4v) is 2.30. The van der Waals surface area contributed by atoms with Gasteiger partial charge in [0.15, 0.2) is 0 Å². The lowest BCUT2D eigenvalue weighted by atomic mass is 10.1. The number of unbranched alkanes of at least 4 members (excludes halogenated alkanes) is 8. The smallest absolute Gasteiger partial charge is 0.220 e. The highest BCUT2D eigenvalue weighted by atomic mass is 16.2. The van der Waals surface area contributed by atoms with Crippen molar-refractivity contribution in [2.75, 3.05) is 26.9 Å². The van der Waals surface area contributed by atoms with E-state index in [4.69, 9.17) is 5.11 Å². The highest BCUT2D eigenvalue weighted by molar-refractivity contribution is 5.75. The highest BCUT2D eigenvalue weighted by Gasteiger charge is 2.02. The van der Waals surface area contributed by atoms with Crippen LogP contribution in [0.3, 0.4) is 0 Å². The summed E-state index contributed by atoms with van der Waals surface area (Å²) in [5.74, 6) is 0.180. The Labute approximate surface area is 131 Å². The van der Waals surface area contributed by atoms with Gasteiger partial charge in [-0.25, -0.2) is 0 Å². The Bertz CT molecular complexity index is 235. The number of nitrogens with zero attached hydrogens (tertiary/aromatic N) is 1. The van der Waals surface area contributed by atoms with Crippen LogP contribution in [0.15, 0.2) is 0 Å². The zero-order valence-electron chi connectivity index (χ0n) is 14.2. The predicted molar refractivity (Wildman–Crippen MR) is 89.2 cm³/mol. The minimum absolute atomic E-state index is 0.180. The van der Waals surface area contributed by atoms with Crippen molar-refractivity contribution in [1.82, 2.24) is 10.2 Å². The van der Waals surface area contributed by atoms with Crippen LogP contribution in [-0.4, -0.2) is 42.8 Å². The molecule has 0 aromatic heterocycles. The Morgan fingerprint density at radius 2 is 1.57 bits per heavy atom. The van der Waals surface area contributed by atoms with E-state index in [0.717, 1.165) is 38.6 Å². The van der Waals surface area contributed by atoms with Gasteiger partial charge in [0.05, 0.1) is 6.67 Å². The SMILES string of the molecule is CCCCCC(=O)NCN(C)CCCCCCCCCO. The largest absolute Gasteiger partial charge is 0.396 e. The second-order valence-electron chi connectivity index (χ2n) is 5.99. The third-order valence-electron chi connectivity index (χ3n) is 3.75. The average molecular weight is 300 g/mol. The van der Waals surface area contributed by atoms with Crippen molar-refractivity contribution >= 4 is 5.91 Å². The maximum absolute atomic E-state index is 11.6. The van der Waals surface area contributed by atoms with Gasteiger partial charge in [0.2, 0.25) is 5.91 Å². The van der Waals surface area contributed by atoms with Crippen LogP contribution in [0.25, 0.3) is 0 Å². The average Bonchev–Trinajstić information content (AvgIpc) is 2.48. The van der Waals surface area contributed by atoms with Crippen LogP contribution in [0.4, 0.5) is 0 Å². The summed E-state index contributed by atoms with van der Waals surface area (Å²) in [6, 6.07) is 0. The first-order valence-corrected chi connectivity index (χ1v) is 8.76. The standard InChI is InChI=1S/C17H36N2O2/c1-3-4-10-13-17(21)18-16-19(2)14-11-8-6-5-7-9-12-15-20/h20H,3-16H2,1-2H3,(H,18,21). The van der Waals surface area contributed by atoms with Crippen molar-refractivity contribution in [3.63, 3.8) is 0 Å². The zero-order valence-corrected chi connectivity index (χ0v) is 14.2. The van der Waals surface area contributed by atoms with Crippen molar-refractivity contribution in [2.45, 2.75) is 77.6 Å². The molecule has 0 saturated heterocycles. The summed E-state index contributed by atoms with van der Waals surface area (Å²) >= 11 is 0. The first kappa shape index (κ1) is 20.4. The molecule has 0 atom stereocenters. The maximum Gasteiger partial charge on any atom is 0.220 e. The number of nitrogens with one attached hydrogen (secondary N) is 1. The number of carbonyl (C=O) groups is 1. The van der Waals surface area contributed by atoms with Crippen molar-refractivity contribution in [3.8, 4) is 0 Å². The Kier molecular flexibility index (Phi) is 15.3. The number of hydrogen-bond acceptors (Lipinski definition) is 3. The van der Waals surface area contributed by atoms with E-state index in [0.29, 0.717) is 19.7 Å². The molecule has 0 saturated carbocycles. The van der Waals surface area contributed by atoms with Crippen molar-refractivity contribution in [3.05, 3.63) is 0 Å². The molecule has 0 aromatic rings. The van der Waals surface area contributed by atoms with E-state index in [1.165, 1.54) is 32.1 Å². The molecule has 21 heavy (non-hydrogen) atoms. The molecular formula is C17H36N2O2.